The van der Waals surface area contributed by atoms with Gasteiger partial charge in [0, 0.05) is 24.7 Å². The van der Waals surface area contributed by atoms with E-state index in [-0.39, 0.29) is 18.6 Å². The van der Waals surface area contributed by atoms with Gasteiger partial charge in [-0.1, -0.05) is 54.6 Å². The lowest BCUT2D eigenvalue weighted by atomic mass is 9.95. The number of carbonyl (C=O) groups is 2. The highest BCUT2D eigenvalue weighted by Gasteiger charge is 2.28. The second-order valence-electron chi connectivity index (χ2n) is 8.21. The Hall–Kier alpha value is -3.84. The SMILES string of the molecule is O=C(NC(Cc1ccccc1)C(=O)Nc1ccc2c(c1)OCO2)C1Cc2ccccc2CN1. The van der Waals surface area contributed by atoms with E-state index in [1.54, 1.807) is 18.2 Å². The molecule has 2 aliphatic heterocycles. The second kappa shape index (κ2) is 9.34. The van der Waals surface area contributed by atoms with Crippen LogP contribution in [0.2, 0.25) is 0 Å². The summed E-state index contributed by atoms with van der Waals surface area (Å²) in [5, 5.41) is 9.16. The summed E-state index contributed by atoms with van der Waals surface area (Å²) in [4.78, 5) is 26.3. The van der Waals surface area contributed by atoms with Crippen LogP contribution in [0.1, 0.15) is 16.7 Å². The lowest BCUT2D eigenvalue weighted by Crippen LogP contribution is -2.53. The van der Waals surface area contributed by atoms with Crippen molar-refractivity contribution in [3.05, 3.63) is 89.5 Å². The van der Waals surface area contributed by atoms with Crippen molar-refractivity contribution in [1.82, 2.24) is 10.6 Å². The van der Waals surface area contributed by atoms with Crippen LogP contribution in [0, 0.1) is 0 Å². The van der Waals surface area contributed by atoms with Crippen molar-refractivity contribution >= 4 is 17.5 Å². The van der Waals surface area contributed by atoms with Crippen LogP contribution in [0.5, 0.6) is 11.5 Å². The van der Waals surface area contributed by atoms with Gasteiger partial charge >= 0.3 is 0 Å². The molecule has 0 aromatic heterocycles. The predicted octanol–water partition coefficient (Wildman–Crippen LogP) is 2.80. The third-order valence-electron chi connectivity index (χ3n) is 5.95. The van der Waals surface area contributed by atoms with Gasteiger partial charge in [0.2, 0.25) is 18.6 Å². The van der Waals surface area contributed by atoms with Gasteiger partial charge in [0.25, 0.3) is 0 Å². The van der Waals surface area contributed by atoms with Crippen LogP contribution in [0.15, 0.2) is 72.8 Å². The molecule has 33 heavy (non-hydrogen) atoms. The number of rotatable bonds is 6. The fourth-order valence-electron chi connectivity index (χ4n) is 4.17. The molecule has 3 N–H and O–H groups in total. The van der Waals surface area contributed by atoms with E-state index in [1.165, 1.54) is 5.56 Å². The van der Waals surface area contributed by atoms with Gasteiger partial charge in [-0.25, -0.2) is 0 Å². The van der Waals surface area contributed by atoms with Gasteiger partial charge in [-0.05, 0) is 35.2 Å². The molecule has 0 aliphatic carbocycles. The number of hydrogen-bond acceptors (Lipinski definition) is 5. The summed E-state index contributed by atoms with van der Waals surface area (Å²) in [6.07, 6.45) is 0.968. The molecule has 0 radical (unpaired) electrons. The zero-order valence-corrected chi connectivity index (χ0v) is 18.0. The highest BCUT2D eigenvalue weighted by molar-refractivity contribution is 5.98. The lowest BCUT2D eigenvalue weighted by Gasteiger charge is -2.27. The largest absolute Gasteiger partial charge is 0.454 e. The zero-order chi connectivity index (χ0) is 22.6. The Morgan fingerprint density at radius 1 is 0.939 bits per heavy atom. The summed E-state index contributed by atoms with van der Waals surface area (Å²) >= 11 is 0. The minimum Gasteiger partial charge on any atom is -0.454 e. The summed E-state index contributed by atoms with van der Waals surface area (Å²) in [5.41, 5.74) is 3.90. The van der Waals surface area contributed by atoms with Crippen LogP contribution in [-0.4, -0.2) is 30.7 Å². The maximum absolute atomic E-state index is 13.2. The Balaban J connectivity index is 1.31. The minimum absolute atomic E-state index is 0.164. The van der Waals surface area contributed by atoms with E-state index >= 15 is 0 Å². The third-order valence-corrected chi connectivity index (χ3v) is 5.95. The number of nitrogens with one attached hydrogen (secondary N) is 3. The van der Waals surface area contributed by atoms with Gasteiger partial charge in [-0.3, -0.25) is 9.59 Å². The first-order valence-electron chi connectivity index (χ1n) is 11.0. The van der Waals surface area contributed by atoms with Crippen molar-refractivity contribution in [2.45, 2.75) is 31.5 Å². The van der Waals surface area contributed by atoms with E-state index in [4.69, 9.17) is 9.47 Å². The summed E-state index contributed by atoms with van der Waals surface area (Å²) in [5.74, 6) is 0.751. The maximum Gasteiger partial charge on any atom is 0.247 e. The normalized spacial score (nSPS) is 17.0. The average Bonchev–Trinajstić information content (AvgIpc) is 3.32. The Labute approximate surface area is 192 Å². The van der Waals surface area contributed by atoms with E-state index < -0.39 is 12.1 Å². The van der Waals surface area contributed by atoms with E-state index in [0.717, 1.165) is 11.1 Å². The molecule has 0 spiro atoms. The van der Waals surface area contributed by atoms with Gasteiger partial charge in [-0.15, -0.1) is 0 Å². The average molecular weight is 444 g/mol. The smallest absolute Gasteiger partial charge is 0.247 e. The molecule has 3 aromatic carbocycles. The van der Waals surface area contributed by atoms with Gasteiger partial charge in [0.05, 0.1) is 6.04 Å². The van der Waals surface area contributed by atoms with Crippen LogP contribution in [0.4, 0.5) is 5.69 Å². The van der Waals surface area contributed by atoms with Crippen molar-refractivity contribution < 1.29 is 19.1 Å². The van der Waals surface area contributed by atoms with Gasteiger partial charge in [0.1, 0.15) is 6.04 Å². The van der Waals surface area contributed by atoms with Crippen molar-refractivity contribution in [1.29, 1.82) is 0 Å². The minimum atomic E-state index is -0.732. The fraction of sp³-hybridized carbons (Fsp3) is 0.231. The predicted molar refractivity (Wildman–Crippen MR) is 124 cm³/mol. The van der Waals surface area contributed by atoms with E-state index in [9.17, 15) is 9.59 Å². The molecule has 3 aromatic rings. The van der Waals surface area contributed by atoms with E-state index in [1.807, 2.05) is 48.5 Å². The molecule has 2 unspecified atom stereocenters. The number of amides is 2. The number of carbonyl (C=O) groups excluding carboxylic acids is 2. The van der Waals surface area contributed by atoms with Crippen LogP contribution in [0.25, 0.3) is 0 Å². The quantitative estimate of drug-likeness (QED) is 0.545. The molecule has 2 atom stereocenters. The lowest BCUT2D eigenvalue weighted by molar-refractivity contribution is -0.128. The molecule has 168 valence electrons. The standard InChI is InChI=1S/C26H25N3O4/c30-25(21-13-18-8-4-5-9-19(18)15-27-21)29-22(12-17-6-2-1-3-7-17)26(31)28-20-10-11-23-24(14-20)33-16-32-23/h1-11,14,21-22,27H,12-13,15-16H2,(H,28,31)(H,29,30). The molecular weight excluding hydrogens is 418 g/mol. The van der Waals surface area contributed by atoms with Crippen molar-refractivity contribution in [3.8, 4) is 11.5 Å². The van der Waals surface area contributed by atoms with Crippen LogP contribution in [-0.2, 0) is 29.0 Å². The first-order chi connectivity index (χ1) is 16.2. The highest BCUT2D eigenvalue weighted by Crippen LogP contribution is 2.34. The topological polar surface area (TPSA) is 88.7 Å². The fourth-order valence-corrected chi connectivity index (χ4v) is 4.17. The van der Waals surface area contributed by atoms with Gasteiger partial charge in [0.15, 0.2) is 11.5 Å². The molecule has 2 heterocycles. The number of fused-ring (bicyclic) bond motifs is 2. The Bertz CT molecular complexity index is 1170. The van der Waals surface area contributed by atoms with Crippen molar-refractivity contribution in [3.63, 3.8) is 0 Å². The molecule has 0 saturated heterocycles. The molecule has 7 heteroatoms. The number of ether oxygens (including phenoxy) is 2. The molecule has 0 bridgehead atoms. The van der Waals surface area contributed by atoms with Crippen molar-refractivity contribution in [2.24, 2.45) is 0 Å². The van der Waals surface area contributed by atoms with Gasteiger partial charge in [-0.2, -0.15) is 0 Å². The van der Waals surface area contributed by atoms with Crippen LogP contribution < -0.4 is 25.4 Å². The molecule has 7 nitrogen and oxygen atoms in total. The van der Waals surface area contributed by atoms with E-state index in [0.29, 0.717) is 36.6 Å². The molecule has 2 aliphatic rings. The van der Waals surface area contributed by atoms with Crippen LogP contribution in [0.3, 0.4) is 0 Å². The zero-order valence-electron chi connectivity index (χ0n) is 18.0. The summed E-state index contributed by atoms with van der Waals surface area (Å²) < 4.78 is 10.7. The summed E-state index contributed by atoms with van der Waals surface area (Å²) in [6.45, 7) is 0.790. The summed E-state index contributed by atoms with van der Waals surface area (Å²) in [6, 6.07) is 21.9. The molecular formula is C26H25N3O4. The monoisotopic (exact) mass is 443 g/mol. The highest BCUT2D eigenvalue weighted by atomic mass is 16.7. The second-order valence-corrected chi connectivity index (χ2v) is 8.21. The number of hydrogen-bond donors (Lipinski definition) is 3. The molecule has 2 amide bonds. The van der Waals surface area contributed by atoms with Crippen molar-refractivity contribution in [2.75, 3.05) is 12.1 Å². The maximum atomic E-state index is 13.2. The molecule has 0 fully saturated rings. The Kier molecular flexibility index (Phi) is 5.95. The van der Waals surface area contributed by atoms with Crippen LogP contribution >= 0.6 is 0 Å². The number of benzene rings is 3. The first kappa shape index (κ1) is 21.0. The van der Waals surface area contributed by atoms with E-state index in [2.05, 4.69) is 22.0 Å². The first-order valence-corrected chi connectivity index (χ1v) is 11.0. The molecule has 0 saturated carbocycles. The van der Waals surface area contributed by atoms with Gasteiger partial charge < -0.3 is 25.4 Å². The molecule has 5 rings (SSSR count). The Morgan fingerprint density at radius 3 is 2.55 bits per heavy atom. The third kappa shape index (κ3) is 4.83. The number of anilines is 1. The summed E-state index contributed by atoms with van der Waals surface area (Å²) in [7, 11) is 0. The Morgan fingerprint density at radius 2 is 1.70 bits per heavy atom.